The first-order valence-corrected chi connectivity index (χ1v) is 4.19. The first-order valence-electron chi connectivity index (χ1n) is 4.19. The van der Waals surface area contributed by atoms with Gasteiger partial charge in [0.1, 0.15) is 0 Å². The van der Waals surface area contributed by atoms with Gasteiger partial charge in [-0.3, -0.25) is 9.97 Å². The maximum atomic E-state index is 4.29. The highest BCUT2D eigenvalue weighted by molar-refractivity contribution is 5.05. The van der Waals surface area contributed by atoms with Crippen LogP contribution in [-0.4, -0.2) is 17.0 Å². The van der Waals surface area contributed by atoms with Crippen molar-refractivity contribution in [2.75, 3.05) is 7.05 Å². The van der Waals surface area contributed by atoms with E-state index in [2.05, 4.69) is 29.1 Å². The molecule has 0 aliphatic heterocycles. The minimum atomic E-state index is 0.459. The zero-order chi connectivity index (χ0) is 8.97. The number of nitrogens with one attached hydrogen (secondary N) is 1. The molecule has 0 aromatic carbocycles. The number of nitrogens with zero attached hydrogens (tertiary/aromatic N) is 2. The Labute approximate surface area is 73.2 Å². The standard InChI is InChI=1S/C9H15N3/c1-7(2)9-6-11-8(4-10-3)5-12-9/h5-7,10H,4H2,1-3H3. The van der Waals surface area contributed by atoms with Crippen LogP contribution in [0.1, 0.15) is 31.2 Å². The van der Waals surface area contributed by atoms with Crippen molar-refractivity contribution in [3.05, 3.63) is 23.8 Å². The molecule has 3 heteroatoms. The van der Waals surface area contributed by atoms with E-state index >= 15 is 0 Å². The summed E-state index contributed by atoms with van der Waals surface area (Å²) in [6, 6.07) is 0. The van der Waals surface area contributed by atoms with Gasteiger partial charge in [-0.25, -0.2) is 0 Å². The normalized spacial score (nSPS) is 10.7. The predicted octanol–water partition coefficient (Wildman–Crippen LogP) is 1.32. The molecule has 0 amide bonds. The fourth-order valence-electron chi connectivity index (χ4n) is 0.935. The van der Waals surface area contributed by atoms with Crippen molar-refractivity contribution in [1.29, 1.82) is 0 Å². The summed E-state index contributed by atoms with van der Waals surface area (Å²) in [4.78, 5) is 8.56. The summed E-state index contributed by atoms with van der Waals surface area (Å²) in [6.07, 6.45) is 3.67. The topological polar surface area (TPSA) is 37.8 Å². The van der Waals surface area contributed by atoms with Crippen molar-refractivity contribution in [3.8, 4) is 0 Å². The zero-order valence-electron chi connectivity index (χ0n) is 7.83. The van der Waals surface area contributed by atoms with Gasteiger partial charge in [0.05, 0.1) is 17.6 Å². The Balaban J connectivity index is 2.71. The molecule has 0 saturated heterocycles. The molecule has 12 heavy (non-hydrogen) atoms. The molecule has 0 fully saturated rings. The van der Waals surface area contributed by atoms with Crippen LogP contribution in [0.3, 0.4) is 0 Å². The van der Waals surface area contributed by atoms with E-state index in [1.54, 1.807) is 0 Å². The number of hydrogen-bond donors (Lipinski definition) is 1. The second kappa shape index (κ2) is 4.16. The fourth-order valence-corrected chi connectivity index (χ4v) is 0.935. The molecule has 3 nitrogen and oxygen atoms in total. The highest BCUT2D eigenvalue weighted by atomic mass is 14.9. The number of aromatic nitrogens is 2. The molecule has 1 aromatic rings. The Hall–Kier alpha value is -0.960. The number of rotatable bonds is 3. The van der Waals surface area contributed by atoms with Crippen molar-refractivity contribution in [3.63, 3.8) is 0 Å². The van der Waals surface area contributed by atoms with Gasteiger partial charge >= 0.3 is 0 Å². The largest absolute Gasteiger partial charge is 0.314 e. The van der Waals surface area contributed by atoms with Gasteiger partial charge in [-0.05, 0) is 13.0 Å². The third kappa shape index (κ3) is 2.27. The summed E-state index contributed by atoms with van der Waals surface area (Å²) in [5, 5.41) is 3.03. The molecule has 0 unspecified atom stereocenters. The van der Waals surface area contributed by atoms with Crippen LogP contribution in [0.15, 0.2) is 12.4 Å². The van der Waals surface area contributed by atoms with Crippen LogP contribution in [0.25, 0.3) is 0 Å². The fraction of sp³-hybridized carbons (Fsp3) is 0.556. The van der Waals surface area contributed by atoms with Crippen molar-refractivity contribution in [1.82, 2.24) is 15.3 Å². The van der Waals surface area contributed by atoms with Crippen molar-refractivity contribution < 1.29 is 0 Å². The van der Waals surface area contributed by atoms with E-state index in [-0.39, 0.29) is 0 Å². The molecule has 1 heterocycles. The minimum Gasteiger partial charge on any atom is -0.314 e. The molecule has 0 atom stereocenters. The third-order valence-electron chi connectivity index (χ3n) is 1.67. The lowest BCUT2D eigenvalue weighted by atomic mass is 10.1. The summed E-state index contributed by atoms with van der Waals surface area (Å²) in [7, 11) is 1.90. The maximum absolute atomic E-state index is 4.29. The molecule has 0 radical (unpaired) electrons. The van der Waals surface area contributed by atoms with E-state index in [1.807, 2.05) is 19.4 Å². The molecule has 66 valence electrons. The second-order valence-corrected chi connectivity index (χ2v) is 3.12. The van der Waals surface area contributed by atoms with Crippen molar-refractivity contribution in [2.45, 2.75) is 26.3 Å². The summed E-state index contributed by atoms with van der Waals surface area (Å²) in [5.41, 5.74) is 2.04. The van der Waals surface area contributed by atoms with Gasteiger partial charge < -0.3 is 5.32 Å². The Morgan fingerprint density at radius 3 is 2.50 bits per heavy atom. The Morgan fingerprint density at radius 1 is 1.33 bits per heavy atom. The van der Waals surface area contributed by atoms with Gasteiger partial charge in [-0.15, -0.1) is 0 Å². The van der Waals surface area contributed by atoms with Crippen LogP contribution in [0.4, 0.5) is 0 Å². The smallest absolute Gasteiger partial charge is 0.0724 e. The second-order valence-electron chi connectivity index (χ2n) is 3.12. The van der Waals surface area contributed by atoms with Crippen LogP contribution >= 0.6 is 0 Å². The van der Waals surface area contributed by atoms with Gasteiger partial charge in [0, 0.05) is 12.7 Å². The summed E-state index contributed by atoms with van der Waals surface area (Å²) in [6.45, 7) is 5.01. The third-order valence-corrected chi connectivity index (χ3v) is 1.67. The van der Waals surface area contributed by atoms with E-state index in [1.165, 1.54) is 0 Å². The molecule has 0 aliphatic carbocycles. The lowest BCUT2D eigenvalue weighted by Crippen LogP contribution is -2.08. The Morgan fingerprint density at radius 2 is 2.08 bits per heavy atom. The summed E-state index contributed by atoms with van der Waals surface area (Å²) >= 11 is 0. The lowest BCUT2D eigenvalue weighted by Gasteiger charge is -2.03. The molecule has 1 aromatic heterocycles. The molecule has 1 N–H and O–H groups in total. The van der Waals surface area contributed by atoms with E-state index in [0.29, 0.717) is 5.92 Å². The Bertz CT molecular complexity index is 228. The zero-order valence-corrected chi connectivity index (χ0v) is 7.83. The minimum absolute atomic E-state index is 0.459. The van der Waals surface area contributed by atoms with Gasteiger partial charge in [-0.2, -0.15) is 0 Å². The molecule has 1 rings (SSSR count). The quantitative estimate of drug-likeness (QED) is 0.734. The van der Waals surface area contributed by atoms with E-state index in [9.17, 15) is 0 Å². The highest BCUT2D eigenvalue weighted by Gasteiger charge is 2.00. The van der Waals surface area contributed by atoms with Crippen molar-refractivity contribution >= 4 is 0 Å². The summed E-state index contributed by atoms with van der Waals surface area (Å²) < 4.78 is 0. The Kier molecular flexibility index (Phi) is 3.17. The van der Waals surface area contributed by atoms with Crippen LogP contribution in [-0.2, 0) is 6.54 Å². The predicted molar refractivity (Wildman–Crippen MR) is 48.9 cm³/mol. The molecule has 0 aliphatic rings. The monoisotopic (exact) mass is 165 g/mol. The maximum Gasteiger partial charge on any atom is 0.0724 e. The van der Waals surface area contributed by atoms with E-state index < -0.39 is 0 Å². The molecular formula is C9H15N3. The van der Waals surface area contributed by atoms with Gasteiger partial charge in [-0.1, -0.05) is 13.8 Å². The van der Waals surface area contributed by atoms with Crippen LogP contribution in [0, 0.1) is 0 Å². The van der Waals surface area contributed by atoms with Crippen molar-refractivity contribution in [2.24, 2.45) is 0 Å². The van der Waals surface area contributed by atoms with E-state index in [0.717, 1.165) is 17.9 Å². The van der Waals surface area contributed by atoms with Gasteiger partial charge in [0.15, 0.2) is 0 Å². The average molecular weight is 165 g/mol. The molecule has 0 spiro atoms. The molecular weight excluding hydrogens is 150 g/mol. The number of hydrogen-bond acceptors (Lipinski definition) is 3. The first kappa shape index (κ1) is 9.13. The summed E-state index contributed by atoms with van der Waals surface area (Å²) in [5.74, 6) is 0.459. The van der Waals surface area contributed by atoms with E-state index in [4.69, 9.17) is 0 Å². The van der Waals surface area contributed by atoms with Crippen LogP contribution in [0.5, 0.6) is 0 Å². The average Bonchev–Trinajstić information content (AvgIpc) is 2.06. The molecule has 0 bridgehead atoms. The van der Waals surface area contributed by atoms with Gasteiger partial charge in [0.2, 0.25) is 0 Å². The lowest BCUT2D eigenvalue weighted by molar-refractivity contribution is 0.758. The van der Waals surface area contributed by atoms with Crippen LogP contribution < -0.4 is 5.32 Å². The van der Waals surface area contributed by atoms with Crippen LogP contribution in [0.2, 0.25) is 0 Å². The first-order chi connectivity index (χ1) is 5.74. The van der Waals surface area contributed by atoms with Gasteiger partial charge in [0.25, 0.3) is 0 Å². The SMILES string of the molecule is CNCc1cnc(C(C)C)cn1. The molecule has 0 saturated carbocycles. The highest BCUT2D eigenvalue weighted by Crippen LogP contribution is 2.08.